The van der Waals surface area contributed by atoms with Crippen LogP contribution in [0.25, 0.3) is 0 Å². The molecule has 1 fully saturated rings. The number of hydrogen-bond donors (Lipinski definition) is 1. The summed E-state index contributed by atoms with van der Waals surface area (Å²) < 4.78 is 9.84. The molecule has 1 saturated heterocycles. The summed E-state index contributed by atoms with van der Waals surface area (Å²) >= 11 is 0. The van der Waals surface area contributed by atoms with Gasteiger partial charge < -0.3 is 19.7 Å². The van der Waals surface area contributed by atoms with Crippen molar-refractivity contribution in [1.82, 2.24) is 10.2 Å². The number of amides is 1. The van der Waals surface area contributed by atoms with E-state index in [2.05, 4.69) is 19.2 Å². The minimum atomic E-state index is -0.233. The third-order valence-corrected chi connectivity index (χ3v) is 3.75. The van der Waals surface area contributed by atoms with Crippen LogP contribution in [0.5, 0.6) is 0 Å². The van der Waals surface area contributed by atoms with Crippen molar-refractivity contribution < 1.29 is 14.3 Å². The molecule has 106 valence electrons. The van der Waals surface area contributed by atoms with Gasteiger partial charge in [0.05, 0.1) is 12.6 Å². The van der Waals surface area contributed by atoms with Crippen LogP contribution in [-0.2, 0) is 9.47 Å². The molecule has 0 aromatic rings. The molecular weight excluding hydrogens is 232 g/mol. The molecule has 0 spiro atoms. The zero-order chi connectivity index (χ0) is 13.6. The first-order valence-corrected chi connectivity index (χ1v) is 6.62. The standard InChI is InChI=1S/C13H26N2O3/c1-13(2)11(14-8-5-6-10-17-3)7-9-15(13)12(16)18-4/h11,14H,5-10H2,1-4H3. The molecule has 1 unspecified atom stereocenters. The van der Waals surface area contributed by atoms with Gasteiger partial charge in [-0.3, -0.25) is 0 Å². The van der Waals surface area contributed by atoms with Gasteiger partial charge in [0.1, 0.15) is 0 Å². The number of carbonyl (C=O) groups is 1. The molecule has 1 aliphatic heterocycles. The van der Waals surface area contributed by atoms with Crippen LogP contribution in [0.4, 0.5) is 4.79 Å². The lowest BCUT2D eigenvalue weighted by Crippen LogP contribution is -2.53. The molecule has 0 aromatic heterocycles. The van der Waals surface area contributed by atoms with Crippen molar-refractivity contribution in [3.05, 3.63) is 0 Å². The van der Waals surface area contributed by atoms with Crippen LogP contribution >= 0.6 is 0 Å². The van der Waals surface area contributed by atoms with E-state index in [1.807, 2.05) is 0 Å². The number of ether oxygens (including phenoxy) is 2. The first-order valence-electron chi connectivity index (χ1n) is 6.62. The van der Waals surface area contributed by atoms with E-state index in [9.17, 15) is 4.79 Å². The summed E-state index contributed by atoms with van der Waals surface area (Å²) in [4.78, 5) is 13.5. The zero-order valence-electron chi connectivity index (χ0n) is 12.0. The van der Waals surface area contributed by atoms with Gasteiger partial charge in [0, 0.05) is 26.3 Å². The quantitative estimate of drug-likeness (QED) is 0.736. The fourth-order valence-electron chi connectivity index (χ4n) is 2.52. The van der Waals surface area contributed by atoms with E-state index in [0.717, 1.165) is 39.0 Å². The van der Waals surface area contributed by atoms with Crippen molar-refractivity contribution in [3.8, 4) is 0 Å². The van der Waals surface area contributed by atoms with Crippen molar-refractivity contribution in [1.29, 1.82) is 0 Å². The molecule has 1 rings (SSSR count). The van der Waals surface area contributed by atoms with Crippen LogP contribution < -0.4 is 5.32 Å². The predicted molar refractivity (Wildman–Crippen MR) is 70.7 cm³/mol. The zero-order valence-corrected chi connectivity index (χ0v) is 12.0. The van der Waals surface area contributed by atoms with Crippen molar-refractivity contribution >= 4 is 6.09 Å². The smallest absolute Gasteiger partial charge is 0.409 e. The van der Waals surface area contributed by atoms with E-state index in [0.29, 0.717) is 6.04 Å². The Morgan fingerprint density at radius 2 is 2.11 bits per heavy atom. The maximum atomic E-state index is 11.6. The number of likely N-dealkylation sites (tertiary alicyclic amines) is 1. The summed E-state index contributed by atoms with van der Waals surface area (Å²) in [7, 11) is 3.16. The molecular formula is C13H26N2O3. The number of unbranched alkanes of at least 4 members (excludes halogenated alkanes) is 1. The van der Waals surface area contributed by atoms with Gasteiger partial charge in [0.2, 0.25) is 0 Å². The Balaban J connectivity index is 2.37. The summed E-state index contributed by atoms with van der Waals surface area (Å²) in [6, 6.07) is 0.333. The SMILES string of the molecule is COCCCCNC1CCN(C(=O)OC)C1(C)C. The van der Waals surface area contributed by atoms with Crippen LogP contribution in [0, 0.1) is 0 Å². The molecule has 1 aliphatic rings. The number of nitrogens with zero attached hydrogens (tertiary/aromatic N) is 1. The monoisotopic (exact) mass is 258 g/mol. The second-order valence-corrected chi connectivity index (χ2v) is 5.27. The average molecular weight is 258 g/mol. The molecule has 18 heavy (non-hydrogen) atoms. The van der Waals surface area contributed by atoms with Gasteiger partial charge in [-0.1, -0.05) is 0 Å². The van der Waals surface area contributed by atoms with Crippen LogP contribution in [0.15, 0.2) is 0 Å². The van der Waals surface area contributed by atoms with Gasteiger partial charge in [-0.2, -0.15) is 0 Å². The Morgan fingerprint density at radius 1 is 1.39 bits per heavy atom. The lowest BCUT2D eigenvalue weighted by molar-refractivity contribution is 0.0915. The largest absolute Gasteiger partial charge is 0.453 e. The van der Waals surface area contributed by atoms with E-state index >= 15 is 0 Å². The molecule has 0 bridgehead atoms. The summed E-state index contributed by atoms with van der Waals surface area (Å²) in [6.45, 7) is 6.71. The average Bonchev–Trinajstić information content (AvgIpc) is 2.63. The van der Waals surface area contributed by atoms with Crippen LogP contribution in [-0.4, -0.2) is 56.5 Å². The number of hydrogen-bond acceptors (Lipinski definition) is 4. The Labute approximate surface area is 110 Å². The highest BCUT2D eigenvalue weighted by Gasteiger charge is 2.43. The first kappa shape index (κ1) is 15.2. The lowest BCUT2D eigenvalue weighted by atomic mass is 9.96. The minimum absolute atomic E-state index is 0.186. The highest BCUT2D eigenvalue weighted by molar-refractivity contribution is 5.69. The minimum Gasteiger partial charge on any atom is -0.453 e. The molecule has 0 aromatic carbocycles. The molecule has 5 heteroatoms. The van der Waals surface area contributed by atoms with Crippen molar-refractivity contribution in [2.75, 3.05) is 33.9 Å². The summed E-state index contributed by atoms with van der Waals surface area (Å²) in [6.07, 6.45) is 2.91. The molecule has 0 radical (unpaired) electrons. The van der Waals surface area contributed by atoms with E-state index in [1.165, 1.54) is 7.11 Å². The summed E-state index contributed by atoms with van der Waals surface area (Å²) in [5.74, 6) is 0. The molecule has 1 N–H and O–H groups in total. The molecule has 0 saturated carbocycles. The molecule has 0 aliphatic carbocycles. The fourth-order valence-corrected chi connectivity index (χ4v) is 2.52. The van der Waals surface area contributed by atoms with Gasteiger partial charge in [-0.15, -0.1) is 0 Å². The topological polar surface area (TPSA) is 50.8 Å². The third-order valence-electron chi connectivity index (χ3n) is 3.75. The van der Waals surface area contributed by atoms with Crippen molar-refractivity contribution in [3.63, 3.8) is 0 Å². The van der Waals surface area contributed by atoms with Crippen molar-refractivity contribution in [2.24, 2.45) is 0 Å². The Bertz CT molecular complexity index is 269. The Kier molecular flexibility index (Phi) is 5.88. The van der Waals surface area contributed by atoms with E-state index in [1.54, 1.807) is 12.0 Å². The number of rotatable bonds is 6. The Hall–Kier alpha value is -0.810. The van der Waals surface area contributed by atoms with Crippen LogP contribution in [0.2, 0.25) is 0 Å². The van der Waals surface area contributed by atoms with Crippen LogP contribution in [0.1, 0.15) is 33.1 Å². The fraction of sp³-hybridized carbons (Fsp3) is 0.923. The number of carbonyl (C=O) groups excluding carboxylic acids is 1. The van der Waals surface area contributed by atoms with Gasteiger partial charge >= 0.3 is 6.09 Å². The second-order valence-electron chi connectivity index (χ2n) is 5.27. The molecule has 1 heterocycles. The Morgan fingerprint density at radius 3 is 2.72 bits per heavy atom. The molecule has 5 nitrogen and oxygen atoms in total. The molecule has 1 amide bonds. The third kappa shape index (κ3) is 3.59. The van der Waals surface area contributed by atoms with E-state index in [4.69, 9.17) is 9.47 Å². The lowest BCUT2D eigenvalue weighted by Gasteiger charge is -2.35. The highest BCUT2D eigenvalue weighted by Crippen LogP contribution is 2.29. The normalized spacial score (nSPS) is 22.2. The van der Waals surface area contributed by atoms with Gasteiger partial charge in [0.25, 0.3) is 0 Å². The number of nitrogens with one attached hydrogen (secondary N) is 1. The maximum absolute atomic E-state index is 11.6. The summed E-state index contributed by atoms with van der Waals surface area (Å²) in [5.41, 5.74) is -0.186. The molecule has 1 atom stereocenters. The van der Waals surface area contributed by atoms with Gasteiger partial charge in [-0.25, -0.2) is 4.79 Å². The summed E-state index contributed by atoms with van der Waals surface area (Å²) in [5, 5.41) is 3.53. The van der Waals surface area contributed by atoms with Crippen molar-refractivity contribution in [2.45, 2.75) is 44.7 Å². The second kappa shape index (κ2) is 6.95. The highest BCUT2D eigenvalue weighted by atomic mass is 16.5. The van der Waals surface area contributed by atoms with E-state index in [-0.39, 0.29) is 11.6 Å². The predicted octanol–water partition coefficient (Wildman–Crippen LogP) is 1.62. The first-order chi connectivity index (χ1) is 8.54. The van der Waals surface area contributed by atoms with Gasteiger partial charge in [-0.05, 0) is 39.7 Å². The number of methoxy groups -OCH3 is 2. The maximum Gasteiger partial charge on any atom is 0.409 e. The van der Waals surface area contributed by atoms with E-state index < -0.39 is 0 Å². The van der Waals surface area contributed by atoms with Crippen LogP contribution in [0.3, 0.4) is 0 Å². The van der Waals surface area contributed by atoms with Gasteiger partial charge in [0.15, 0.2) is 0 Å².